The fraction of sp³-hybridized carbons (Fsp3) is 0.407. The Kier molecular flexibility index (Phi) is 17.7. The maximum absolute atomic E-state index is 14.5. The zero-order valence-electron chi connectivity index (χ0n) is 41.2. The molecule has 2 spiro atoms. The second kappa shape index (κ2) is 23.4. The molecule has 0 bridgehead atoms. The van der Waals surface area contributed by atoms with Crippen molar-refractivity contribution in [3.63, 3.8) is 0 Å². The van der Waals surface area contributed by atoms with Crippen molar-refractivity contribution in [2.24, 2.45) is 0 Å². The number of nitrogens with zero attached hydrogens (tertiary/aromatic N) is 3. The van der Waals surface area contributed by atoms with Crippen LogP contribution in [0.15, 0.2) is 72.8 Å². The van der Waals surface area contributed by atoms with Crippen LogP contribution in [0, 0.1) is 23.3 Å². The van der Waals surface area contributed by atoms with E-state index in [2.05, 4.69) is 33.5 Å². The van der Waals surface area contributed by atoms with Gasteiger partial charge in [-0.15, -0.1) is 0 Å². The van der Waals surface area contributed by atoms with E-state index in [0.717, 1.165) is 47.1 Å². The van der Waals surface area contributed by atoms with Gasteiger partial charge in [0.05, 0.1) is 6.04 Å². The largest absolute Gasteiger partial charge is 0.480 e. The highest BCUT2D eigenvalue weighted by Crippen LogP contribution is 2.48. The summed E-state index contributed by atoms with van der Waals surface area (Å²) in [6.45, 7) is 2.60. The Morgan fingerprint density at radius 3 is 1.57 bits per heavy atom. The average molecular weight is 1080 g/mol. The molecule has 19 nitrogen and oxygen atoms in total. The first-order valence-electron chi connectivity index (χ1n) is 24.2. The number of halogens is 4. The molecule has 6 N–H and O–H groups in total. The molecular formula is C54H62F4N8O11. The molecule has 2 unspecified atom stereocenters. The molecule has 4 aliphatic heterocycles. The smallest absolute Gasteiger partial charge is 0.418 e. The quantitative estimate of drug-likeness (QED) is 0.0913. The molecule has 0 saturated carbocycles. The first-order valence-corrected chi connectivity index (χ1v) is 24.2. The highest BCUT2D eigenvalue weighted by Gasteiger charge is 2.60. The summed E-state index contributed by atoms with van der Waals surface area (Å²) in [4.78, 5) is 101. The maximum Gasteiger partial charge on any atom is 0.418 e. The summed E-state index contributed by atoms with van der Waals surface area (Å²) >= 11 is 0. The third-order valence-corrected chi connectivity index (χ3v) is 14.3. The number of urea groups is 2. The fourth-order valence-corrected chi connectivity index (χ4v) is 10.6. The number of carbonyl (C=O) groups is 8. The number of rotatable bonds is 8. The minimum Gasteiger partial charge on any atom is -0.480 e. The van der Waals surface area contributed by atoms with Gasteiger partial charge < -0.3 is 46.1 Å². The Hall–Kier alpha value is -8.08. The van der Waals surface area contributed by atoms with E-state index in [0.29, 0.717) is 64.7 Å². The second-order valence-corrected chi connectivity index (χ2v) is 19.0. The number of imide groups is 2. The van der Waals surface area contributed by atoms with E-state index in [9.17, 15) is 55.9 Å². The lowest BCUT2D eigenvalue weighted by molar-refractivity contribution is -0.144. The second-order valence-electron chi connectivity index (χ2n) is 19.0. The van der Waals surface area contributed by atoms with Crippen LogP contribution in [0.3, 0.4) is 0 Å². The van der Waals surface area contributed by atoms with Gasteiger partial charge >= 0.3 is 30.2 Å². The number of benzene rings is 4. The monoisotopic (exact) mass is 1070 g/mol. The zero-order valence-corrected chi connectivity index (χ0v) is 41.2. The zero-order chi connectivity index (χ0) is 54.1. The highest BCUT2D eigenvalue weighted by atomic mass is 19.1. The van der Waals surface area contributed by atoms with E-state index < -0.39 is 95.5 Å². The highest BCUT2D eigenvalue weighted by molar-refractivity contribution is 6.07. The van der Waals surface area contributed by atoms with Crippen LogP contribution in [0.4, 0.5) is 48.1 Å². The number of carboxylic acid groups (broad SMARTS) is 1. The van der Waals surface area contributed by atoms with Gasteiger partial charge in [-0.3, -0.25) is 19.2 Å². The van der Waals surface area contributed by atoms with Gasteiger partial charge in [0, 0.05) is 90.8 Å². The molecule has 4 aromatic rings. The minimum atomic E-state index is -1.53. The van der Waals surface area contributed by atoms with E-state index in [1.165, 1.54) is 37.2 Å². The molecular weight excluding hydrogens is 1010 g/mol. The van der Waals surface area contributed by atoms with Crippen molar-refractivity contribution in [1.82, 2.24) is 30.7 Å². The van der Waals surface area contributed by atoms with E-state index in [4.69, 9.17) is 14.6 Å². The van der Waals surface area contributed by atoms with Crippen molar-refractivity contribution in [2.75, 3.05) is 37.8 Å². The summed E-state index contributed by atoms with van der Waals surface area (Å²) in [6, 6.07) is 15.7. The van der Waals surface area contributed by atoms with Crippen molar-refractivity contribution in [2.45, 2.75) is 115 Å². The van der Waals surface area contributed by atoms with Crippen LogP contribution in [0.1, 0.15) is 113 Å². The van der Waals surface area contributed by atoms with Crippen LogP contribution in [-0.4, -0.2) is 107 Å². The fourth-order valence-electron chi connectivity index (χ4n) is 10.6. The number of fused-ring (bicyclic) bond motifs is 4. The summed E-state index contributed by atoms with van der Waals surface area (Å²) in [5, 5.41) is 22.3. The maximum atomic E-state index is 14.5. The Labute approximate surface area is 442 Å². The first kappa shape index (κ1) is 58.2. The Bertz CT molecular complexity index is 3000. The molecule has 4 fully saturated rings. The van der Waals surface area contributed by atoms with Gasteiger partial charge in [0.25, 0.3) is 11.8 Å². The van der Waals surface area contributed by atoms with Crippen molar-refractivity contribution in [1.29, 1.82) is 0 Å². The predicted octanol–water partition coefficient (Wildman–Crippen LogP) is 8.28. The van der Waals surface area contributed by atoms with E-state index >= 15 is 0 Å². The number of nitrogens with one attached hydrogen (secondary N) is 5. The van der Waals surface area contributed by atoms with Crippen molar-refractivity contribution in [3.05, 3.63) is 129 Å². The molecule has 10 rings (SSSR count). The number of anilines is 2. The molecule has 9 amide bonds. The summed E-state index contributed by atoms with van der Waals surface area (Å²) in [6.07, 6.45) is 2.51. The molecule has 4 aromatic carbocycles. The number of ether oxygens (including phenoxy) is 2. The number of carboxylic acids is 1. The molecule has 2 aliphatic carbocycles. The standard InChI is InChI=1S/C26H26F2N4O5.C15H15N3O6.C11H13F2N.2CH4/c1-14-3-8-21(18-6-4-16(27)12-20(18)28)32(14)22(33)13-31-23(34)26(37-25(31)36)10-9-15-11-17(5-7-19(15)26)30-24(35)29-2;1-16-13(22)17-9-2-3-10-8(6-9)4-5-15(10)12(21)18(7-11(19)20)14(23)24-15;1-7-2-5-11(14-7)9-4-3-8(12)6-10(9)13;;/h4-7,11-12,14,21H,3,8-10,13H2,1-2H3,(H2,29,30,35);2-3,6H,4-5,7H2,1H3,(H,19,20)(H2,16,17,22);3-4,6-7,11,14H,2,5H2,1H3;2*1H4/t14-,21?,26+;15-;7-,11?;;/m010../s1. The summed E-state index contributed by atoms with van der Waals surface area (Å²) in [5.41, 5.74) is 1.41. The normalized spacial score (nSPS) is 23.4. The number of hydrogen-bond donors (Lipinski definition) is 6. The molecule has 4 heterocycles. The predicted molar refractivity (Wildman–Crippen MR) is 272 cm³/mol. The lowest BCUT2D eigenvalue weighted by atomic mass is 9.94. The Morgan fingerprint density at radius 1 is 0.649 bits per heavy atom. The number of amides is 9. The molecule has 0 aromatic heterocycles. The van der Waals surface area contributed by atoms with Gasteiger partial charge in [-0.1, -0.05) is 39.1 Å². The van der Waals surface area contributed by atoms with Crippen LogP contribution in [0.5, 0.6) is 0 Å². The molecule has 77 heavy (non-hydrogen) atoms. The van der Waals surface area contributed by atoms with Gasteiger partial charge in [-0.25, -0.2) is 46.5 Å². The van der Waals surface area contributed by atoms with Crippen LogP contribution in [0.25, 0.3) is 0 Å². The van der Waals surface area contributed by atoms with E-state index in [1.54, 1.807) is 36.4 Å². The molecule has 4 saturated heterocycles. The minimum absolute atomic E-state index is 0. The molecule has 0 radical (unpaired) electrons. The van der Waals surface area contributed by atoms with E-state index in [1.807, 2.05) is 6.92 Å². The summed E-state index contributed by atoms with van der Waals surface area (Å²) in [7, 11) is 2.98. The van der Waals surface area contributed by atoms with Crippen LogP contribution >= 0.6 is 0 Å². The molecule has 412 valence electrons. The van der Waals surface area contributed by atoms with Crippen LogP contribution in [-0.2, 0) is 52.7 Å². The van der Waals surface area contributed by atoms with Crippen molar-refractivity contribution >= 4 is 59.3 Å². The topological polar surface area (TPSA) is 245 Å². The summed E-state index contributed by atoms with van der Waals surface area (Å²) in [5.74, 6) is -5.54. The third kappa shape index (κ3) is 11.5. The van der Waals surface area contributed by atoms with Crippen LogP contribution in [0.2, 0.25) is 0 Å². The van der Waals surface area contributed by atoms with Crippen molar-refractivity contribution < 1.29 is 70.5 Å². The van der Waals surface area contributed by atoms with Gasteiger partial charge in [-0.05, 0) is 99.9 Å². The van der Waals surface area contributed by atoms with Gasteiger partial charge in [0.1, 0.15) is 36.4 Å². The number of aliphatic carboxylic acids is 1. The van der Waals surface area contributed by atoms with Gasteiger partial charge in [-0.2, -0.15) is 0 Å². The molecule has 6 aliphatic rings. The first-order chi connectivity index (χ1) is 35.7. The molecule has 23 heteroatoms. The molecule has 6 atom stereocenters. The lowest BCUT2D eigenvalue weighted by Crippen LogP contribution is -2.46. The van der Waals surface area contributed by atoms with Crippen LogP contribution < -0.4 is 26.6 Å². The van der Waals surface area contributed by atoms with E-state index in [-0.39, 0.29) is 51.4 Å². The average Bonchev–Trinajstić information content (AvgIpc) is 4.40. The third-order valence-electron chi connectivity index (χ3n) is 14.3. The van der Waals surface area contributed by atoms with Gasteiger partial charge in [0.15, 0.2) is 0 Å². The summed E-state index contributed by atoms with van der Waals surface area (Å²) < 4.78 is 64.8. The Morgan fingerprint density at radius 2 is 1.13 bits per heavy atom. The number of hydrogen-bond acceptors (Lipinski definition) is 11. The Balaban J connectivity index is 0.000000205. The lowest BCUT2D eigenvalue weighted by Gasteiger charge is -2.30. The number of aryl methyl sites for hydroxylation is 2. The number of carbonyl (C=O) groups excluding carboxylic acids is 7. The SMILES string of the molecule is C.C.CNC(=O)Nc1ccc2c(c1)CC[C@@]21OC(=O)N(CC(=O)N2C(c3ccc(F)cc3F)CC[C@@H]2C)C1=O.CNC(=O)Nc1ccc2c(c1)CC[C@@]21OC(=O)N(CC(=O)O)C1=O.C[C@H]1CCC(c2ccc(F)cc2F)N1. The van der Waals surface area contributed by atoms with Gasteiger partial charge in [0.2, 0.25) is 17.1 Å². The van der Waals surface area contributed by atoms with Crippen molar-refractivity contribution in [3.8, 4) is 0 Å². The number of likely N-dealkylation sites (tertiary alicyclic amines) is 1.